The Morgan fingerprint density at radius 2 is 1.84 bits per heavy atom. The second kappa shape index (κ2) is 8.47. The van der Waals surface area contributed by atoms with Gasteiger partial charge in [0.2, 0.25) is 0 Å². The Kier molecular flexibility index (Phi) is 5.71. The van der Waals surface area contributed by atoms with Crippen LogP contribution in [0.5, 0.6) is 5.75 Å². The lowest BCUT2D eigenvalue weighted by Gasteiger charge is -2.38. The van der Waals surface area contributed by atoms with Gasteiger partial charge in [0.1, 0.15) is 11.5 Å². The third-order valence-corrected chi connectivity index (χ3v) is 5.73. The summed E-state index contributed by atoms with van der Waals surface area (Å²) >= 11 is 5.74. The van der Waals surface area contributed by atoms with E-state index in [0.29, 0.717) is 28.0 Å². The first-order chi connectivity index (χ1) is 15.2. The van der Waals surface area contributed by atoms with E-state index in [0.717, 1.165) is 22.4 Å². The molecule has 1 amide bonds. The van der Waals surface area contributed by atoms with Gasteiger partial charge in [0, 0.05) is 11.8 Å². The molecule has 2 heterocycles. The Bertz CT molecular complexity index is 1230. The number of aromatic hydroxyl groups is 1. The number of aromatic nitrogens is 1. The van der Waals surface area contributed by atoms with Gasteiger partial charge in [-0.15, -0.1) is 0 Å². The smallest absolute Gasteiger partial charge is 0.257 e. The third-order valence-electron chi connectivity index (χ3n) is 5.43. The van der Waals surface area contributed by atoms with Gasteiger partial charge in [-0.05, 0) is 74.8 Å². The number of aryl methyl sites for hydroxylation is 3. The second-order valence-corrected chi connectivity index (χ2v) is 8.26. The van der Waals surface area contributed by atoms with E-state index in [1.165, 1.54) is 0 Å². The number of anilines is 2. The Hall–Kier alpha value is -3.65. The topological polar surface area (TPSA) is 90.6 Å². The fourth-order valence-electron chi connectivity index (χ4n) is 3.81. The fraction of sp³-hybridized carbons (Fsp3) is 0.208. The van der Waals surface area contributed by atoms with Crippen LogP contribution in [0, 0.1) is 20.8 Å². The number of phenolic OH excluding ortho intramolecular Hbond substituents is 1. The van der Waals surface area contributed by atoms with Crippen LogP contribution in [0.4, 0.5) is 11.5 Å². The summed E-state index contributed by atoms with van der Waals surface area (Å²) in [6, 6.07) is 14.0. The van der Waals surface area contributed by atoms with Crippen LogP contribution >= 0.6 is 12.2 Å². The van der Waals surface area contributed by atoms with Crippen LogP contribution in [0.15, 0.2) is 64.3 Å². The number of benzene rings is 2. The monoisotopic (exact) mass is 448 g/mol. The minimum absolute atomic E-state index is 0.147. The van der Waals surface area contributed by atoms with Crippen molar-refractivity contribution >= 4 is 34.7 Å². The summed E-state index contributed by atoms with van der Waals surface area (Å²) in [5, 5.41) is 20.2. The van der Waals surface area contributed by atoms with Gasteiger partial charge >= 0.3 is 0 Å². The minimum Gasteiger partial charge on any atom is -0.508 e. The van der Waals surface area contributed by atoms with Crippen molar-refractivity contribution in [1.82, 2.24) is 10.5 Å². The molecule has 0 fully saturated rings. The quantitative estimate of drug-likeness (QED) is 0.500. The molecule has 8 heteroatoms. The Morgan fingerprint density at radius 3 is 2.50 bits per heavy atom. The van der Waals surface area contributed by atoms with Crippen LogP contribution in [-0.2, 0) is 4.79 Å². The van der Waals surface area contributed by atoms with E-state index in [1.807, 2.05) is 43.9 Å². The molecule has 0 bridgehead atoms. The predicted molar refractivity (Wildman–Crippen MR) is 128 cm³/mol. The van der Waals surface area contributed by atoms with Gasteiger partial charge in [-0.25, -0.2) is 0 Å². The van der Waals surface area contributed by atoms with Gasteiger partial charge in [-0.1, -0.05) is 29.4 Å². The molecular weight excluding hydrogens is 424 g/mol. The molecule has 1 aliphatic rings. The van der Waals surface area contributed by atoms with Crippen LogP contribution in [0.1, 0.15) is 35.4 Å². The van der Waals surface area contributed by atoms with Gasteiger partial charge in [0.25, 0.3) is 5.91 Å². The fourth-order valence-corrected chi connectivity index (χ4v) is 4.17. The summed E-state index contributed by atoms with van der Waals surface area (Å²) in [5.41, 5.74) is 5.03. The zero-order valence-corrected chi connectivity index (χ0v) is 19.1. The molecule has 1 atom stereocenters. The molecule has 7 nitrogen and oxygen atoms in total. The van der Waals surface area contributed by atoms with Gasteiger partial charge in [0.05, 0.1) is 17.3 Å². The average molecular weight is 449 g/mol. The van der Waals surface area contributed by atoms with Gasteiger partial charge in [0.15, 0.2) is 10.9 Å². The maximum Gasteiger partial charge on any atom is 0.257 e. The lowest BCUT2D eigenvalue weighted by Crippen LogP contribution is -2.48. The second-order valence-electron chi connectivity index (χ2n) is 7.88. The highest BCUT2D eigenvalue weighted by Gasteiger charge is 2.35. The van der Waals surface area contributed by atoms with E-state index in [4.69, 9.17) is 16.7 Å². The van der Waals surface area contributed by atoms with Crippen molar-refractivity contribution < 1.29 is 14.4 Å². The number of allylic oxidation sites excluding steroid dienone is 1. The molecule has 0 spiro atoms. The number of amides is 1. The molecule has 0 aliphatic carbocycles. The number of hydrogen-bond donors (Lipinski definition) is 3. The Labute approximate surface area is 191 Å². The number of nitrogens with one attached hydrogen (secondary N) is 2. The number of phenols is 1. The molecular formula is C24H24N4O3S. The van der Waals surface area contributed by atoms with Crippen molar-refractivity contribution in [1.29, 1.82) is 0 Å². The van der Waals surface area contributed by atoms with Crippen LogP contribution in [-0.4, -0.2) is 21.3 Å². The summed E-state index contributed by atoms with van der Waals surface area (Å²) in [6.45, 7) is 7.66. The third kappa shape index (κ3) is 4.09. The molecule has 0 saturated heterocycles. The van der Waals surface area contributed by atoms with Crippen molar-refractivity contribution in [3.8, 4) is 5.75 Å². The van der Waals surface area contributed by atoms with E-state index in [2.05, 4.69) is 15.8 Å². The average Bonchev–Trinajstić information content (AvgIpc) is 3.15. The van der Waals surface area contributed by atoms with Gasteiger partial charge in [-0.2, -0.15) is 0 Å². The molecule has 164 valence electrons. The SMILES string of the molecule is CC1=C(C(=O)Nc2cc(C)on2)C(c2ccc(O)cc2)NC(=S)N1c1cc(C)ccc1C. The normalized spacial score (nSPS) is 16.2. The summed E-state index contributed by atoms with van der Waals surface area (Å²) in [5.74, 6) is 0.762. The standard InChI is InChI=1S/C24H24N4O3S/c1-13-5-6-14(2)19(11-13)28-16(4)21(23(30)25-20-12-15(3)31-27-20)22(26-24(28)32)17-7-9-18(29)10-8-17/h5-12,22,29H,1-4H3,(H,26,32)(H,25,27,30). The molecule has 32 heavy (non-hydrogen) atoms. The molecule has 0 saturated carbocycles. The first-order valence-electron chi connectivity index (χ1n) is 10.2. The van der Waals surface area contributed by atoms with Crippen LogP contribution < -0.4 is 15.5 Å². The Balaban J connectivity index is 1.84. The molecule has 4 rings (SSSR count). The highest BCUT2D eigenvalue weighted by Crippen LogP contribution is 2.36. The van der Waals surface area contributed by atoms with Gasteiger partial charge < -0.3 is 20.3 Å². The van der Waals surface area contributed by atoms with Gasteiger partial charge in [-0.3, -0.25) is 9.69 Å². The van der Waals surface area contributed by atoms with E-state index >= 15 is 0 Å². The first kappa shape index (κ1) is 21.6. The summed E-state index contributed by atoms with van der Waals surface area (Å²) in [4.78, 5) is 15.3. The maximum absolute atomic E-state index is 13.5. The van der Waals surface area contributed by atoms with Crippen molar-refractivity contribution in [3.63, 3.8) is 0 Å². The molecule has 1 aliphatic heterocycles. The zero-order valence-electron chi connectivity index (χ0n) is 18.3. The molecule has 1 unspecified atom stereocenters. The van der Waals surface area contributed by atoms with Crippen molar-refractivity contribution in [2.24, 2.45) is 0 Å². The number of hydrogen-bond acceptors (Lipinski definition) is 5. The highest BCUT2D eigenvalue weighted by atomic mass is 32.1. The zero-order chi connectivity index (χ0) is 23.0. The molecule has 1 aromatic heterocycles. The largest absolute Gasteiger partial charge is 0.508 e. The molecule has 3 N–H and O–H groups in total. The summed E-state index contributed by atoms with van der Waals surface area (Å²) < 4.78 is 5.09. The minimum atomic E-state index is -0.502. The number of rotatable bonds is 4. The highest BCUT2D eigenvalue weighted by molar-refractivity contribution is 7.80. The molecule has 3 aromatic rings. The Morgan fingerprint density at radius 1 is 1.12 bits per heavy atom. The number of carbonyl (C=O) groups excluding carboxylic acids is 1. The van der Waals surface area contributed by atoms with Crippen LogP contribution in [0.25, 0.3) is 0 Å². The van der Waals surface area contributed by atoms with Crippen LogP contribution in [0.2, 0.25) is 0 Å². The first-order valence-corrected chi connectivity index (χ1v) is 10.6. The molecule has 0 radical (unpaired) electrons. The van der Waals surface area contributed by atoms with Crippen molar-refractivity contribution in [2.75, 3.05) is 10.2 Å². The van der Waals surface area contributed by atoms with E-state index < -0.39 is 6.04 Å². The maximum atomic E-state index is 13.5. The molecule has 2 aromatic carbocycles. The van der Waals surface area contributed by atoms with E-state index in [1.54, 1.807) is 37.3 Å². The van der Waals surface area contributed by atoms with E-state index in [9.17, 15) is 9.90 Å². The van der Waals surface area contributed by atoms with Crippen LogP contribution in [0.3, 0.4) is 0 Å². The predicted octanol–water partition coefficient (Wildman–Crippen LogP) is 4.65. The lowest BCUT2D eigenvalue weighted by atomic mass is 9.93. The number of carbonyl (C=O) groups is 1. The number of thiocarbonyl (C=S) groups is 1. The lowest BCUT2D eigenvalue weighted by molar-refractivity contribution is -0.113. The van der Waals surface area contributed by atoms with Crippen molar-refractivity contribution in [2.45, 2.75) is 33.7 Å². The van der Waals surface area contributed by atoms with E-state index in [-0.39, 0.29) is 11.7 Å². The van der Waals surface area contributed by atoms with Crippen molar-refractivity contribution in [3.05, 3.63) is 82.3 Å². The summed E-state index contributed by atoms with van der Waals surface area (Å²) in [6.07, 6.45) is 0. The number of nitrogens with zero attached hydrogens (tertiary/aromatic N) is 2. The summed E-state index contributed by atoms with van der Waals surface area (Å²) in [7, 11) is 0.